The van der Waals surface area contributed by atoms with Crippen molar-refractivity contribution in [1.29, 1.82) is 0 Å². The van der Waals surface area contributed by atoms with Crippen LogP contribution in [0.5, 0.6) is 0 Å². The lowest BCUT2D eigenvalue weighted by Gasteiger charge is -2.32. The van der Waals surface area contributed by atoms with Crippen LogP contribution in [0.2, 0.25) is 0 Å². The predicted octanol–water partition coefficient (Wildman–Crippen LogP) is 0.689. The summed E-state index contributed by atoms with van der Waals surface area (Å²) in [5.74, 6) is 6.70. The van der Waals surface area contributed by atoms with Crippen molar-refractivity contribution in [3.63, 3.8) is 0 Å². The maximum absolute atomic E-state index is 11.2. The smallest absolute Gasteiger partial charge is 0.149 e. The summed E-state index contributed by atoms with van der Waals surface area (Å²) in [7, 11) is -2.94. The Bertz CT molecular complexity index is 290. The SMILES string of the molecule is CC1CCCC(C(CS(C)(=O)=O)NN)C1. The van der Waals surface area contributed by atoms with Crippen molar-refractivity contribution in [1.82, 2.24) is 5.43 Å². The first-order valence-electron chi connectivity index (χ1n) is 5.56. The number of sulfone groups is 1. The molecule has 15 heavy (non-hydrogen) atoms. The number of hydrogen-bond donors (Lipinski definition) is 2. The van der Waals surface area contributed by atoms with Gasteiger partial charge in [-0.1, -0.05) is 19.8 Å². The van der Waals surface area contributed by atoms with Gasteiger partial charge < -0.3 is 0 Å². The fourth-order valence-corrected chi connectivity index (χ4v) is 3.51. The first-order valence-corrected chi connectivity index (χ1v) is 7.62. The molecule has 3 N–H and O–H groups in total. The molecule has 1 aliphatic carbocycles. The van der Waals surface area contributed by atoms with Gasteiger partial charge >= 0.3 is 0 Å². The monoisotopic (exact) mass is 234 g/mol. The second kappa shape index (κ2) is 5.27. The highest BCUT2D eigenvalue weighted by molar-refractivity contribution is 7.90. The van der Waals surface area contributed by atoms with Crippen LogP contribution in [0, 0.1) is 11.8 Å². The molecular formula is C10H22N2O2S. The van der Waals surface area contributed by atoms with Crippen LogP contribution in [-0.4, -0.2) is 26.5 Å². The zero-order chi connectivity index (χ0) is 11.5. The van der Waals surface area contributed by atoms with E-state index in [1.807, 2.05) is 0 Å². The Morgan fingerprint density at radius 3 is 2.60 bits per heavy atom. The number of hydrogen-bond acceptors (Lipinski definition) is 4. The van der Waals surface area contributed by atoms with E-state index in [9.17, 15) is 8.42 Å². The summed E-state index contributed by atoms with van der Waals surface area (Å²) < 4.78 is 22.5. The lowest BCUT2D eigenvalue weighted by Crippen LogP contribution is -2.46. The average molecular weight is 234 g/mol. The van der Waals surface area contributed by atoms with E-state index in [2.05, 4.69) is 12.3 Å². The summed E-state index contributed by atoms with van der Waals surface area (Å²) >= 11 is 0. The van der Waals surface area contributed by atoms with Crippen molar-refractivity contribution in [2.75, 3.05) is 12.0 Å². The molecule has 1 aliphatic rings. The third-order valence-corrected chi connectivity index (χ3v) is 4.21. The van der Waals surface area contributed by atoms with Crippen molar-refractivity contribution in [2.45, 2.75) is 38.6 Å². The highest BCUT2D eigenvalue weighted by Gasteiger charge is 2.28. The van der Waals surface area contributed by atoms with Gasteiger partial charge in [0.05, 0.1) is 5.75 Å². The quantitative estimate of drug-likeness (QED) is 0.554. The van der Waals surface area contributed by atoms with Gasteiger partial charge in [-0.25, -0.2) is 8.42 Å². The molecular weight excluding hydrogens is 212 g/mol. The first-order chi connectivity index (χ1) is 6.92. The molecule has 3 unspecified atom stereocenters. The molecule has 1 fully saturated rings. The Balaban J connectivity index is 2.57. The normalized spacial score (nSPS) is 30.1. The standard InChI is InChI=1S/C10H22N2O2S/c1-8-4-3-5-9(6-8)10(12-11)7-15(2,13)14/h8-10,12H,3-7,11H2,1-2H3. The molecule has 0 amide bonds. The molecule has 0 saturated heterocycles. The molecule has 3 atom stereocenters. The molecule has 1 rings (SSSR count). The van der Waals surface area contributed by atoms with Gasteiger partial charge in [0.1, 0.15) is 9.84 Å². The summed E-state index contributed by atoms with van der Waals surface area (Å²) in [5, 5.41) is 0. The van der Waals surface area contributed by atoms with Gasteiger partial charge in [-0.2, -0.15) is 0 Å². The van der Waals surface area contributed by atoms with E-state index in [4.69, 9.17) is 5.84 Å². The molecule has 0 aromatic carbocycles. The van der Waals surface area contributed by atoms with Crippen LogP contribution >= 0.6 is 0 Å². The maximum Gasteiger partial charge on any atom is 0.149 e. The van der Waals surface area contributed by atoms with Crippen molar-refractivity contribution in [3.05, 3.63) is 0 Å². The molecule has 0 bridgehead atoms. The van der Waals surface area contributed by atoms with Gasteiger partial charge in [0.25, 0.3) is 0 Å². The average Bonchev–Trinajstić information content (AvgIpc) is 2.13. The van der Waals surface area contributed by atoms with Crippen molar-refractivity contribution in [3.8, 4) is 0 Å². The first kappa shape index (κ1) is 12.9. The van der Waals surface area contributed by atoms with Gasteiger partial charge in [0.15, 0.2) is 0 Å². The summed E-state index contributed by atoms with van der Waals surface area (Å²) in [6.45, 7) is 2.22. The fraction of sp³-hybridized carbons (Fsp3) is 1.00. The molecule has 4 nitrogen and oxygen atoms in total. The maximum atomic E-state index is 11.2. The molecule has 0 spiro atoms. The van der Waals surface area contributed by atoms with Crippen LogP contribution in [-0.2, 0) is 9.84 Å². The molecule has 0 radical (unpaired) electrons. The van der Waals surface area contributed by atoms with Crippen LogP contribution in [0.3, 0.4) is 0 Å². The van der Waals surface area contributed by atoms with E-state index in [0.717, 1.165) is 12.8 Å². The van der Waals surface area contributed by atoms with E-state index < -0.39 is 9.84 Å². The number of nitrogens with two attached hydrogens (primary N) is 1. The Morgan fingerprint density at radius 2 is 2.13 bits per heavy atom. The summed E-state index contributed by atoms with van der Waals surface area (Å²) in [5.41, 5.74) is 2.67. The van der Waals surface area contributed by atoms with E-state index in [1.165, 1.54) is 19.1 Å². The van der Waals surface area contributed by atoms with Gasteiger partial charge in [-0.05, 0) is 24.7 Å². The highest BCUT2D eigenvalue weighted by atomic mass is 32.2. The zero-order valence-corrected chi connectivity index (χ0v) is 10.4. The molecule has 0 aromatic heterocycles. The molecule has 0 heterocycles. The zero-order valence-electron chi connectivity index (χ0n) is 9.57. The predicted molar refractivity (Wildman–Crippen MR) is 61.9 cm³/mol. The Hall–Kier alpha value is -0.130. The molecule has 5 heteroatoms. The van der Waals surface area contributed by atoms with Crippen molar-refractivity contribution >= 4 is 9.84 Å². The minimum atomic E-state index is -2.94. The topological polar surface area (TPSA) is 72.2 Å². The molecule has 0 aromatic rings. The minimum Gasteiger partial charge on any atom is -0.271 e. The van der Waals surface area contributed by atoms with Crippen LogP contribution in [0.15, 0.2) is 0 Å². The van der Waals surface area contributed by atoms with Crippen LogP contribution < -0.4 is 11.3 Å². The van der Waals surface area contributed by atoms with Gasteiger partial charge in [0.2, 0.25) is 0 Å². The van der Waals surface area contributed by atoms with Crippen LogP contribution in [0.4, 0.5) is 0 Å². The van der Waals surface area contributed by atoms with E-state index in [1.54, 1.807) is 0 Å². The lowest BCUT2D eigenvalue weighted by atomic mass is 9.79. The largest absolute Gasteiger partial charge is 0.271 e. The molecule has 0 aliphatic heterocycles. The number of nitrogens with one attached hydrogen (secondary N) is 1. The second-order valence-electron chi connectivity index (χ2n) is 4.90. The van der Waals surface area contributed by atoms with Gasteiger partial charge in [-0.3, -0.25) is 11.3 Å². The van der Waals surface area contributed by atoms with Crippen molar-refractivity contribution in [2.24, 2.45) is 17.7 Å². The summed E-state index contributed by atoms with van der Waals surface area (Å²) in [4.78, 5) is 0. The lowest BCUT2D eigenvalue weighted by molar-refractivity contribution is 0.233. The Labute approximate surface area is 92.5 Å². The fourth-order valence-electron chi connectivity index (χ4n) is 2.49. The number of hydrazine groups is 1. The Morgan fingerprint density at radius 1 is 1.47 bits per heavy atom. The third-order valence-electron chi connectivity index (χ3n) is 3.24. The third kappa shape index (κ3) is 4.49. The van der Waals surface area contributed by atoms with Crippen LogP contribution in [0.25, 0.3) is 0 Å². The Kier molecular flexibility index (Phi) is 4.55. The highest BCUT2D eigenvalue weighted by Crippen LogP contribution is 2.30. The summed E-state index contributed by atoms with van der Waals surface area (Å²) in [6, 6.07) is -0.0808. The molecule has 90 valence electrons. The van der Waals surface area contributed by atoms with Gasteiger partial charge in [-0.15, -0.1) is 0 Å². The second-order valence-corrected chi connectivity index (χ2v) is 7.08. The molecule has 1 saturated carbocycles. The van der Waals surface area contributed by atoms with Crippen molar-refractivity contribution < 1.29 is 8.42 Å². The van der Waals surface area contributed by atoms with Crippen LogP contribution in [0.1, 0.15) is 32.6 Å². The van der Waals surface area contributed by atoms with E-state index in [0.29, 0.717) is 11.8 Å². The van der Waals surface area contributed by atoms with Gasteiger partial charge in [0, 0.05) is 12.3 Å². The van der Waals surface area contributed by atoms with E-state index >= 15 is 0 Å². The minimum absolute atomic E-state index is 0.0808. The number of rotatable bonds is 4. The summed E-state index contributed by atoms with van der Waals surface area (Å²) in [6.07, 6.45) is 5.89. The van der Waals surface area contributed by atoms with E-state index in [-0.39, 0.29) is 11.8 Å².